The molecule has 0 bridgehead atoms. The SMILES string of the molecule is C=CC(=O)Nc1cc(Nc2ncc(Cl)c(OCC3(CC(C)=O)CC3)n2)c(OC)cc1N1CCC(N(C)C)CC1. The van der Waals surface area contributed by atoms with Gasteiger partial charge in [-0.25, -0.2) is 4.98 Å². The number of methoxy groups -OCH3 is 1. The van der Waals surface area contributed by atoms with Crippen molar-refractivity contribution in [3.63, 3.8) is 0 Å². The molecular weight excluding hydrogens is 520 g/mol. The van der Waals surface area contributed by atoms with Crippen molar-refractivity contribution in [1.29, 1.82) is 0 Å². The number of nitrogens with one attached hydrogen (secondary N) is 2. The first-order chi connectivity index (χ1) is 18.6. The zero-order chi connectivity index (χ0) is 28.2. The van der Waals surface area contributed by atoms with E-state index in [0.717, 1.165) is 44.5 Å². The number of piperidine rings is 1. The Morgan fingerprint density at radius 2 is 1.97 bits per heavy atom. The summed E-state index contributed by atoms with van der Waals surface area (Å²) in [7, 11) is 5.79. The molecular formula is C28H37ClN6O4. The largest absolute Gasteiger partial charge is 0.494 e. The van der Waals surface area contributed by atoms with E-state index in [0.29, 0.717) is 36.2 Å². The zero-order valence-electron chi connectivity index (χ0n) is 23.1. The van der Waals surface area contributed by atoms with Crippen molar-refractivity contribution in [1.82, 2.24) is 14.9 Å². The first-order valence-electron chi connectivity index (χ1n) is 13.1. The third kappa shape index (κ3) is 7.19. The minimum Gasteiger partial charge on any atom is -0.494 e. The molecule has 210 valence electrons. The standard InChI is InChI=1S/C28H37ClN6O4/c1-6-25(37)31-21-13-22(24(38-5)14-23(21)35-11-7-19(8-12-35)34(3)4)32-27-30-16-20(29)26(33-27)39-17-28(9-10-28)15-18(2)36/h6,13-14,16,19H,1,7-12,15,17H2,2-5H3,(H,31,37)(H,30,32,33). The summed E-state index contributed by atoms with van der Waals surface area (Å²) in [5, 5.41) is 6.39. The number of benzene rings is 1. The van der Waals surface area contributed by atoms with Gasteiger partial charge in [-0.3, -0.25) is 4.79 Å². The highest BCUT2D eigenvalue weighted by Crippen LogP contribution is 2.49. The number of hydrogen-bond acceptors (Lipinski definition) is 9. The van der Waals surface area contributed by atoms with Crippen LogP contribution in [0, 0.1) is 5.41 Å². The number of ketones is 1. The Bertz CT molecular complexity index is 1220. The second-order valence-corrected chi connectivity index (χ2v) is 11.0. The number of anilines is 4. The molecule has 39 heavy (non-hydrogen) atoms. The summed E-state index contributed by atoms with van der Waals surface area (Å²) in [5.74, 6) is 0.890. The fourth-order valence-electron chi connectivity index (χ4n) is 4.94. The van der Waals surface area contributed by atoms with Crippen LogP contribution in [-0.4, -0.2) is 73.5 Å². The average molecular weight is 557 g/mol. The summed E-state index contributed by atoms with van der Waals surface area (Å²) in [6.45, 7) is 7.24. The van der Waals surface area contributed by atoms with Crippen molar-refractivity contribution < 1.29 is 19.1 Å². The summed E-state index contributed by atoms with van der Waals surface area (Å²) in [6.07, 6.45) is 7.10. The molecule has 1 amide bonds. The number of Topliss-reactive ketones (excluding diaryl/α,β-unsaturated/α-hetero) is 1. The lowest BCUT2D eigenvalue weighted by atomic mass is 10.0. The van der Waals surface area contributed by atoms with E-state index in [-0.39, 0.29) is 34.0 Å². The number of nitrogens with zero attached hydrogens (tertiary/aromatic N) is 4. The Balaban J connectivity index is 1.57. The average Bonchev–Trinajstić information content (AvgIpc) is 3.67. The van der Waals surface area contributed by atoms with Crippen LogP contribution in [0.5, 0.6) is 11.6 Å². The molecule has 4 rings (SSSR count). The Hall–Kier alpha value is -3.37. The molecule has 0 unspecified atom stereocenters. The molecule has 1 saturated carbocycles. The van der Waals surface area contributed by atoms with Gasteiger partial charge >= 0.3 is 0 Å². The monoisotopic (exact) mass is 556 g/mol. The van der Waals surface area contributed by atoms with Crippen molar-refractivity contribution in [2.75, 3.05) is 56.4 Å². The lowest BCUT2D eigenvalue weighted by molar-refractivity contribution is -0.118. The molecule has 0 atom stereocenters. The molecule has 2 aromatic rings. The van der Waals surface area contributed by atoms with E-state index in [4.69, 9.17) is 21.1 Å². The summed E-state index contributed by atoms with van der Waals surface area (Å²) < 4.78 is 11.6. The quantitative estimate of drug-likeness (QED) is 0.360. The maximum Gasteiger partial charge on any atom is 0.247 e. The summed E-state index contributed by atoms with van der Waals surface area (Å²) >= 11 is 6.31. The molecule has 0 spiro atoms. The van der Waals surface area contributed by atoms with E-state index < -0.39 is 0 Å². The fraction of sp³-hybridized carbons (Fsp3) is 0.500. The van der Waals surface area contributed by atoms with Gasteiger partial charge in [0.25, 0.3) is 0 Å². The van der Waals surface area contributed by atoms with Crippen molar-refractivity contribution in [2.24, 2.45) is 5.41 Å². The maximum absolute atomic E-state index is 12.3. The molecule has 11 heteroatoms. The van der Waals surface area contributed by atoms with Crippen LogP contribution >= 0.6 is 11.6 Å². The molecule has 1 aromatic carbocycles. The number of carbonyl (C=O) groups is 2. The summed E-state index contributed by atoms with van der Waals surface area (Å²) in [4.78, 5) is 37.2. The number of halogens is 1. The van der Waals surface area contributed by atoms with Gasteiger partial charge in [-0.05, 0) is 58.8 Å². The minimum atomic E-state index is -0.312. The number of aromatic nitrogens is 2. The highest BCUT2D eigenvalue weighted by molar-refractivity contribution is 6.31. The lowest BCUT2D eigenvalue weighted by Crippen LogP contribution is -2.42. The van der Waals surface area contributed by atoms with Gasteiger partial charge in [0.1, 0.15) is 16.6 Å². The van der Waals surface area contributed by atoms with Crippen molar-refractivity contribution in [2.45, 2.75) is 45.1 Å². The molecule has 1 aromatic heterocycles. The van der Waals surface area contributed by atoms with Crippen LogP contribution in [0.2, 0.25) is 5.02 Å². The second kappa shape index (κ2) is 12.2. The van der Waals surface area contributed by atoms with E-state index in [1.54, 1.807) is 20.1 Å². The van der Waals surface area contributed by atoms with Crippen LogP contribution in [-0.2, 0) is 9.59 Å². The van der Waals surface area contributed by atoms with Gasteiger partial charge in [0.05, 0.1) is 37.0 Å². The molecule has 2 N–H and O–H groups in total. The van der Waals surface area contributed by atoms with Crippen LogP contribution < -0.4 is 25.0 Å². The van der Waals surface area contributed by atoms with Gasteiger partial charge in [-0.2, -0.15) is 4.98 Å². The number of amides is 1. The van der Waals surface area contributed by atoms with Gasteiger partial charge in [0.2, 0.25) is 17.7 Å². The van der Waals surface area contributed by atoms with Gasteiger partial charge in [-0.1, -0.05) is 18.2 Å². The maximum atomic E-state index is 12.3. The van der Waals surface area contributed by atoms with Crippen LogP contribution in [0.4, 0.5) is 23.0 Å². The Morgan fingerprint density at radius 3 is 2.56 bits per heavy atom. The minimum absolute atomic E-state index is 0.133. The van der Waals surface area contributed by atoms with Crippen LogP contribution in [0.1, 0.15) is 39.0 Å². The van der Waals surface area contributed by atoms with Gasteiger partial charge < -0.3 is 34.7 Å². The number of hydrogen-bond donors (Lipinski definition) is 2. The molecule has 2 fully saturated rings. The highest BCUT2D eigenvalue weighted by Gasteiger charge is 2.44. The molecule has 1 saturated heterocycles. The smallest absolute Gasteiger partial charge is 0.247 e. The Morgan fingerprint density at radius 1 is 1.26 bits per heavy atom. The van der Waals surface area contributed by atoms with Gasteiger partial charge in [0, 0.05) is 37.0 Å². The van der Waals surface area contributed by atoms with Gasteiger partial charge in [-0.15, -0.1) is 0 Å². The normalized spacial score (nSPS) is 16.5. The predicted molar refractivity (Wildman–Crippen MR) is 154 cm³/mol. The van der Waals surface area contributed by atoms with Crippen molar-refractivity contribution in [3.8, 4) is 11.6 Å². The van der Waals surface area contributed by atoms with E-state index in [1.165, 1.54) is 12.3 Å². The molecule has 2 aliphatic rings. The molecule has 10 nitrogen and oxygen atoms in total. The van der Waals surface area contributed by atoms with E-state index in [1.807, 2.05) is 6.07 Å². The second-order valence-electron chi connectivity index (χ2n) is 10.6. The molecule has 1 aliphatic carbocycles. The Labute approximate surface area is 234 Å². The summed E-state index contributed by atoms with van der Waals surface area (Å²) in [5.41, 5.74) is 1.92. The van der Waals surface area contributed by atoms with E-state index >= 15 is 0 Å². The van der Waals surface area contributed by atoms with Crippen LogP contribution in [0.3, 0.4) is 0 Å². The fourth-order valence-corrected chi connectivity index (χ4v) is 5.08. The first-order valence-corrected chi connectivity index (χ1v) is 13.5. The van der Waals surface area contributed by atoms with Crippen molar-refractivity contribution >= 4 is 46.3 Å². The number of rotatable bonds is 12. The topological polar surface area (TPSA) is 109 Å². The van der Waals surface area contributed by atoms with Gasteiger partial charge in [0.15, 0.2) is 0 Å². The van der Waals surface area contributed by atoms with Crippen LogP contribution in [0.15, 0.2) is 31.0 Å². The van der Waals surface area contributed by atoms with Crippen molar-refractivity contribution in [3.05, 3.63) is 36.0 Å². The third-order valence-electron chi connectivity index (χ3n) is 7.35. The zero-order valence-corrected chi connectivity index (χ0v) is 23.8. The van der Waals surface area contributed by atoms with Crippen LogP contribution in [0.25, 0.3) is 0 Å². The molecule has 0 radical (unpaired) electrons. The van der Waals surface area contributed by atoms with E-state index in [9.17, 15) is 9.59 Å². The summed E-state index contributed by atoms with van der Waals surface area (Å²) in [6, 6.07) is 4.23. The molecule has 2 heterocycles. The van der Waals surface area contributed by atoms with E-state index in [2.05, 4.69) is 51.1 Å². The first kappa shape index (κ1) is 28.6. The lowest BCUT2D eigenvalue weighted by Gasteiger charge is -2.37. The highest BCUT2D eigenvalue weighted by atomic mass is 35.5. The number of ether oxygens (including phenoxy) is 2. The predicted octanol–water partition coefficient (Wildman–Crippen LogP) is 4.68. The molecule has 1 aliphatic heterocycles. The third-order valence-corrected chi connectivity index (χ3v) is 7.61. The number of carbonyl (C=O) groups excluding carboxylic acids is 2. The Kier molecular flexibility index (Phi) is 8.97.